The molecule has 0 spiro atoms. The van der Waals surface area contributed by atoms with Gasteiger partial charge in [-0.3, -0.25) is 0 Å². The quantitative estimate of drug-likeness (QED) is 0.625. The highest BCUT2D eigenvalue weighted by molar-refractivity contribution is 5.28. The Morgan fingerprint density at radius 2 is 1.77 bits per heavy atom. The third kappa shape index (κ3) is 2.76. The van der Waals surface area contributed by atoms with Crippen LogP contribution in [0.5, 0.6) is 0 Å². The van der Waals surface area contributed by atoms with Crippen molar-refractivity contribution in [2.75, 3.05) is 0 Å². The lowest BCUT2D eigenvalue weighted by molar-refractivity contribution is 0.417. The molecule has 1 aliphatic rings. The molecule has 0 aromatic heterocycles. The standard InChI is InChI=1S/C12H19N/c1-10(2)12-6-5-8-13(9-7-12)11(3)4/h5-11H,1-4H3. The van der Waals surface area contributed by atoms with Crippen LogP contribution in [0.4, 0.5) is 0 Å². The summed E-state index contributed by atoms with van der Waals surface area (Å²) in [5.41, 5.74) is 1.39. The zero-order valence-electron chi connectivity index (χ0n) is 8.99. The number of rotatable bonds is 2. The Balaban J connectivity index is 2.75. The number of hydrogen-bond donors (Lipinski definition) is 0. The van der Waals surface area contributed by atoms with Crippen molar-refractivity contribution in [3.8, 4) is 0 Å². The third-order valence-electron chi connectivity index (χ3n) is 2.25. The van der Waals surface area contributed by atoms with Crippen LogP contribution in [0.2, 0.25) is 0 Å². The average molecular weight is 177 g/mol. The van der Waals surface area contributed by atoms with E-state index in [1.165, 1.54) is 5.57 Å². The number of hydrogen-bond acceptors (Lipinski definition) is 1. The normalized spacial score (nSPS) is 16.8. The molecule has 13 heavy (non-hydrogen) atoms. The number of nitrogens with zero attached hydrogens (tertiary/aromatic N) is 1. The van der Waals surface area contributed by atoms with Gasteiger partial charge >= 0.3 is 0 Å². The Kier molecular flexibility index (Phi) is 3.35. The van der Waals surface area contributed by atoms with Gasteiger partial charge in [0.25, 0.3) is 0 Å². The smallest absolute Gasteiger partial charge is 0.0274 e. The minimum absolute atomic E-state index is 0.535. The summed E-state index contributed by atoms with van der Waals surface area (Å²) in [7, 11) is 0. The first kappa shape index (κ1) is 10.1. The maximum Gasteiger partial charge on any atom is 0.0274 e. The van der Waals surface area contributed by atoms with Crippen LogP contribution in [-0.2, 0) is 0 Å². The van der Waals surface area contributed by atoms with Crippen molar-refractivity contribution in [1.82, 2.24) is 4.90 Å². The number of allylic oxidation sites excluding steroid dienone is 4. The lowest BCUT2D eigenvalue weighted by atomic mass is 10.0. The van der Waals surface area contributed by atoms with E-state index in [1.54, 1.807) is 0 Å². The molecule has 0 N–H and O–H groups in total. The second-order valence-electron chi connectivity index (χ2n) is 4.02. The van der Waals surface area contributed by atoms with Gasteiger partial charge in [0.05, 0.1) is 0 Å². The van der Waals surface area contributed by atoms with Gasteiger partial charge in [-0.15, -0.1) is 0 Å². The lowest BCUT2D eigenvalue weighted by Gasteiger charge is -2.19. The lowest BCUT2D eigenvalue weighted by Crippen LogP contribution is -2.18. The molecule has 0 aromatic carbocycles. The average Bonchev–Trinajstić information content (AvgIpc) is 2.27. The summed E-state index contributed by atoms with van der Waals surface area (Å²) in [4.78, 5) is 2.21. The molecule has 1 rings (SSSR count). The molecule has 0 saturated carbocycles. The van der Waals surface area contributed by atoms with Crippen molar-refractivity contribution in [2.45, 2.75) is 33.7 Å². The van der Waals surface area contributed by atoms with E-state index in [2.05, 4.69) is 63.2 Å². The van der Waals surface area contributed by atoms with Crippen LogP contribution in [0, 0.1) is 5.92 Å². The molecule has 0 aliphatic carbocycles. The predicted octanol–water partition coefficient (Wildman–Crippen LogP) is 3.32. The highest BCUT2D eigenvalue weighted by Crippen LogP contribution is 2.15. The van der Waals surface area contributed by atoms with Crippen LogP contribution in [0.25, 0.3) is 0 Å². The molecule has 0 atom stereocenters. The van der Waals surface area contributed by atoms with Crippen LogP contribution in [0.1, 0.15) is 27.7 Å². The molecule has 1 nitrogen and oxygen atoms in total. The molecule has 0 radical (unpaired) electrons. The first-order chi connectivity index (χ1) is 6.11. The van der Waals surface area contributed by atoms with Gasteiger partial charge in [-0.25, -0.2) is 0 Å². The SMILES string of the molecule is CC(C)C1=CC=CN(C(C)C)C=C1. The maximum atomic E-state index is 2.22. The first-order valence-electron chi connectivity index (χ1n) is 4.95. The molecule has 1 heterocycles. The predicted molar refractivity (Wildman–Crippen MR) is 58.2 cm³/mol. The van der Waals surface area contributed by atoms with E-state index in [0.29, 0.717) is 12.0 Å². The van der Waals surface area contributed by atoms with Crippen molar-refractivity contribution in [3.05, 3.63) is 36.2 Å². The highest BCUT2D eigenvalue weighted by Gasteiger charge is 2.04. The van der Waals surface area contributed by atoms with Crippen molar-refractivity contribution < 1.29 is 0 Å². The van der Waals surface area contributed by atoms with Crippen LogP contribution < -0.4 is 0 Å². The summed E-state index contributed by atoms with van der Waals surface area (Å²) < 4.78 is 0. The van der Waals surface area contributed by atoms with Gasteiger partial charge < -0.3 is 4.90 Å². The summed E-state index contributed by atoms with van der Waals surface area (Å²) >= 11 is 0. The Morgan fingerprint density at radius 1 is 1.08 bits per heavy atom. The molecule has 0 unspecified atom stereocenters. The second-order valence-corrected chi connectivity index (χ2v) is 4.02. The molecule has 0 aromatic rings. The van der Waals surface area contributed by atoms with Gasteiger partial charge in [0.1, 0.15) is 0 Å². The fraction of sp³-hybridized carbons (Fsp3) is 0.500. The van der Waals surface area contributed by atoms with Crippen LogP contribution in [0.3, 0.4) is 0 Å². The zero-order chi connectivity index (χ0) is 9.84. The van der Waals surface area contributed by atoms with Gasteiger partial charge in [-0.1, -0.05) is 19.9 Å². The Bertz CT molecular complexity index is 244. The fourth-order valence-corrected chi connectivity index (χ4v) is 1.26. The van der Waals surface area contributed by atoms with E-state index in [4.69, 9.17) is 0 Å². The zero-order valence-corrected chi connectivity index (χ0v) is 8.99. The summed E-state index contributed by atoms with van der Waals surface area (Å²) in [6.45, 7) is 8.81. The topological polar surface area (TPSA) is 3.24 Å². The minimum atomic E-state index is 0.535. The molecule has 72 valence electrons. The van der Waals surface area contributed by atoms with Gasteiger partial charge in [0.2, 0.25) is 0 Å². The van der Waals surface area contributed by atoms with Gasteiger partial charge in [-0.05, 0) is 37.5 Å². The largest absolute Gasteiger partial charge is 0.352 e. The fourth-order valence-electron chi connectivity index (χ4n) is 1.26. The van der Waals surface area contributed by atoms with Gasteiger partial charge in [-0.2, -0.15) is 0 Å². The van der Waals surface area contributed by atoms with Gasteiger partial charge in [0, 0.05) is 18.4 Å². The molecule has 0 amide bonds. The van der Waals surface area contributed by atoms with Crippen LogP contribution in [-0.4, -0.2) is 10.9 Å². The molecule has 0 saturated heterocycles. The molecule has 1 aliphatic heterocycles. The Hall–Kier alpha value is -0.980. The van der Waals surface area contributed by atoms with Crippen molar-refractivity contribution in [2.24, 2.45) is 5.92 Å². The van der Waals surface area contributed by atoms with E-state index in [1.807, 2.05) is 0 Å². The van der Waals surface area contributed by atoms with Gasteiger partial charge in [0.15, 0.2) is 0 Å². The Morgan fingerprint density at radius 3 is 2.31 bits per heavy atom. The van der Waals surface area contributed by atoms with Crippen molar-refractivity contribution >= 4 is 0 Å². The molecule has 0 fully saturated rings. The molecule has 0 bridgehead atoms. The van der Waals surface area contributed by atoms with Crippen LogP contribution in [0.15, 0.2) is 36.2 Å². The molecular formula is C12H19N. The highest BCUT2D eigenvalue weighted by atomic mass is 15.1. The molecular weight excluding hydrogens is 158 g/mol. The minimum Gasteiger partial charge on any atom is -0.352 e. The summed E-state index contributed by atoms with van der Waals surface area (Å²) in [6, 6.07) is 0.535. The maximum absolute atomic E-state index is 2.22. The first-order valence-corrected chi connectivity index (χ1v) is 4.95. The summed E-state index contributed by atoms with van der Waals surface area (Å²) in [5.74, 6) is 0.605. The van der Waals surface area contributed by atoms with E-state index < -0.39 is 0 Å². The van der Waals surface area contributed by atoms with Crippen molar-refractivity contribution in [3.63, 3.8) is 0 Å². The third-order valence-corrected chi connectivity index (χ3v) is 2.25. The monoisotopic (exact) mass is 177 g/mol. The second kappa shape index (κ2) is 4.31. The Labute approximate surface area is 81.4 Å². The summed E-state index contributed by atoms with van der Waals surface area (Å²) in [6.07, 6.45) is 10.8. The van der Waals surface area contributed by atoms with Crippen molar-refractivity contribution in [1.29, 1.82) is 0 Å². The van der Waals surface area contributed by atoms with E-state index in [9.17, 15) is 0 Å². The summed E-state index contributed by atoms with van der Waals surface area (Å²) in [5, 5.41) is 0. The van der Waals surface area contributed by atoms with E-state index in [0.717, 1.165) is 0 Å². The van der Waals surface area contributed by atoms with Crippen LogP contribution >= 0.6 is 0 Å². The van der Waals surface area contributed by atoms with E-state index in [-0.39, 0.29) is 0 Å². The van der Waals surface area contributed by atoms with E-state index >= 15 is 0 Å². The molecule has 1 heteroatoms.